The zero-order valence-corrected chi connectivity index (χ0v) is 8.75. The lowest BCUT2D eigenvalue weighted by Gasteiger charge is -2.38. The molecule has 0 saturated carbocycles. The van der Waals surface area contributed by atoms with E-state index in [0.717, 1.165) is 6.42 Å². The van der Waals surface area contributed by atoms with Gasteiger partial charge in [0.05, 0.1) is 25.3 Å². The molecule has 0 aromatic heterocycles. The molecule has 1 saturated heterocycles. The minimum absolute atomic E-state index is 0.239. The van der Waals surface area contributed by atoms with E-state index in [-0.39, 0.29) is 18.0 Å². The van der Waals surface area contributed by atoms with E-state index in [1.165, 1.54) is 0 Å². The van der Waals surface area contributed by atoms with Crippen LogP contribution in [0, 0.1) is 0 Å². The summed E-state index contributed by atoms with van der Waals surface area (Å²) in [6.45, 7) is 7.49. The van der Waals surface area contributed by atoms with Crippen LogP contribution in [-0.4, -0.2) is 36.1 Å². The zero-order chi connectivity index (χ0) is 9.84. The highest BCUT2D eigenvalue weighted by Gasteiger charge is 2.28. The third-order valence-corrected chi connectivity index (χ3v) is 2.42. The number of amides is 1. The Morgan fingerprint density at radius 1 is 1.38 bits per heavy atom. The van der Waals surface area contributed by atoms with Crippen molar-refractivity contribution >= 4 is 5.91 Å². The quantitative estimate of drug-likeness (QED) is 0.651. The average Bonchev–Trinajstić information content (AvgIpc) is 2.04. The second kappa shape index (κ2) is 4.61. The van der Waals surface area contributed by atoms with Crippen molar-refractivity contribution in [2.24, 2.45) is 0 Å². The molecule has 0 bridgehead atoms. The van der Waals surface area contributed by atoms with Crippen LogP contribution in [0.25, 0.3) is 0 Å². The molecule has 0 spiro atoms. The monoisotopic (exact) mass is 185 g/mol. The summed E-state index contributed by atoms with van der Waals surface area (Å²) in [4.78, 5) is 13.7. The Labute approximate surface area is 80.1 Å². The molecule has 1 amide bonds. The molecule has 0 aliphatic carbocycles. The molecule has 0 aromatic carbocycles. The van der Waals surface area contributed by atoms with Gasteiger partial charge in [0.1, 0.15) is 0 Å². The summed E-state index contributed by atoms with van der Waals surface area (Å²) in [6.07, 6.45) is 1.59. The lowest BCUT2D eigenvalue weighted by molar-refractivity contribution is -0.144. The Morgan fingerprint density at radius 3 is 2.38 bits per heavy atom. The van der Waals surface area contributed by atoms with Crippen molar-refractivity contribution in [3.05, 3.63) is 0 Å². The molecular weight excluding hydrogens is 166 g/mol. The highest BCUT2D eigenvalue weighted by Crippen LogP contribution is 2.14. The molecule has 76 valence electrons. The summed E-state index contributed by atoms with van der Waals surface area (Å²) >= 11 is 0. The van der Waals surface area contributed by atoms with E-state index in [0.29, 0.717) is 19.6 Å². The van der Waals surface area contributed by atoms with E-state index in [2.05, 4.69) is 0 Å². The van der Waals surface area contributed by atoms with Crippen molar-refractivity contribution in [2.75, 3.05) is 13.2 Å². The van der Waals surface area contributed by atoms with E-state index < -0.39 is 0 Å². The van der Waals surface area contributed by atoms with Crippen LogP contribution in [-0.2, 0) is 9.53 Å². The van der Waals surface area contributed by atoms with Gasteiger partial charge in [-0.15, -0.1) is 0 Å². The van der Waals surface area contributed by atoms with Gasteiger partial charge < -0.3 is 9.64 Å². The van der Waals surface area contributed by atoms with Gasteiger partial charge in [0, 0.05) is 6.42 Å². The van der Waals surface area contributed by atoms with Crippen molar-refractivity contribution < 1.29 is 9.53 Å². The minimum atomic E-state index is 0.239. The third kappa shape index (κ3) is 2.44. The smallest absolute Gasteiger partial charge is 0.223 e. The second-order valence-corrected chi connectivity index (χ2v) is 3.79. The van der Waals surface area contributed by atoms with Crippen molar-refractivity contribution in [3.8, 4) is 0 Å². The van der Waals surface area contributed by atoms with Crippen LogP contribution in [0.5, 0.6) is 0 Å². The van der Waals surface area contributed by atoms with Crippen LogP contribution >= 0.6 is 0 Å². The van der Waals surface area contributed by atoms with Gasteiger partial charge >= 0.3 is 0 Å². The third-order valence-electron chi connectivity index (χ3n) is 2.42. The Kier molecular flexibility index (Phi) is 3.72. The molecule has 1 aliphatic rings. The van der Waals surface area contributed by atoms with Gasteiger partial charge in [0.25, 0.3) is 0 Å². The fourth-order valence-corrected chi connectivity index (χ4v) is 1.84. The standard InChI is InChI=1S/C10H19NO2/c1-4-5-10(12)11-8(2)6-13-7-9(11)3/h8-9H,4-7H2,1-3H3. The molecule has 1 rings (SSSR count). The Bertz CT molecular complexity index is 172. The molecule has 0 radical (unpaired) electrons. The first-order valence-electron chi connectivity index (χ1n) is 5.05. The van der Waals surface area contributed by atoms with E-state index in [1.807, 2.05) is 25.7 Å². The minimum Gasteiger partial charge on any atom is -0.377 e. The summed E-state index contributed by atoms with van der Waals surface area (Å²) < 4.78 is 5.36. The maximum Gasteiger partial charge on any atom is 0.223 e. The topological polar surface area (TPSA) is 29.5 Å². The maximum absolute atomic E-state index is 11.7. The Hall–Kier alpha value is -0.570. The zero-order valence-electron chi connectivity index (χ0n) is 8.75. The largest absolute Gasteiger partial charge is 0.377 e. The Morgan fingerprint density at radius 2 is 1.92 bits per heavy atom. The number of morpholine rings is 1. The normalized spacial score (nSPS) is 29.0. The second-order valence-electron chi connectivity index (χ2n) is 3.79. The maximum atomic E-state index is 11.7. The summed E-state index contributed by atoms with van der Waals surface area (Å²) in [6, 6.07) is 0.477. The van der Waals surface area contributed by atoms with E-state index in [9.17, 15) is 4.79 Å². The van der Waals surface area contributed by atoms with Gasteiger partial charge in [-0.2, -0.15) is 0 Å². The molecule has 0 aromatic rings. The molecule has 1 aliphatic heterocycles. The van der Waals surface area contributed by atoms with Crippen LogP contribution in [0.3, 0.4) is 0 Å². The highest BCUT2D eigenvalue weighted by molar-refractivity contribution is 5.76. The number of rotatable bonds is 2. The van der Waals surface area contributed by atoms with Crippen molar-refractivity contribution in [1.29, 1.82) is 0 Å². The van der Waals surface area contributed by atoms with E-state index in [1.54, 1.807) is 0 Å². The number of nitrogens with zero attached hydrogens (tertiary/aromatic N) is 1. The predicted molar refractivity (Wildman–Crippen MR) is 51.5 cm³/mol. The van der Waals surface area contributed by atoms with Gasteiger partial charge in [-0.05, 0) is 20.3 Å². The SMILES string of the molecule is CCCC(=O)N1C(C)COCC1C. The van der Waals surface area contributed by atoms with Gasteiger partial charge in [-0.25, -0.2) is 0 Å². The van der Waals surface area contributed by atoms with Crippen LogP contribution in [0.1, 0.15) is 33.6 Å². The number of carbonyl (C=O) groups excluding carboxylic acids is 1. The molecule has 2 atom stereocenters. The van der Waals surface area contributed by atoms with Gasteiger partial charge in [0.2, 0.25) is 5.91 Å². The average molecular weight is 185 g/mol. The van der Waals surface area contributed by atoms with Gasteiger partial charge in [-0.1, -0.05) is 6.92 Å². The highest BCUT2D eigenvalue weighted by atomic mass is 16.5. The Balaban J connectivity index is 2.57. The van der Waals surface area contributed by atoms with Crippen LogP contribution < -0.4 is 0 Å². The van der Waals surface area contributed by atoms with Crippen LogP contribution in [0.2, 0.25) is 0 Å². The molecule has 2 unspecified atom stereocenters. The fourth-order valence-electron chi connectivity index (χ4n) is 1.84. The number of hydrogen-bond donors (Lipinski definition) is 0. The van der Waals surface area contributed by atoms with Crippen molar-refractivity contribution in [3.63, 3.8) is 0 Å². The summed E-state index contributed by atoms with van der Waals surface area (Å²) in [5.74, 6) is 0.269. The van der Waals surface area contributed by atoms with Crippen molar-refractivity contribution in [2.45, 2.75) is 45.7 Å². The number of carbonyl (C=O) groups is 1. The van der Waals surface area contributed by atoms with Crippen molar-refractivity contribution in [1.82, 2.24) is 4.90 Å². The molecular formula is C10H19NO2. The van der Waals surface area contributed by atoms with Crippen LogP contribution in [0.4, 0.5) is 0 Å². The molecule has 1 fully saturated rings. The number of hydrogen-bond acceptors (Lipinski definition) is 2. The molecule has 13 heavy (non-hydrogen) atoms. The number of ether oxygens (including phenoxy) is 1. The lowest BCUT2D eigenvalue weighted by atomic mass is 10.1. The first-order valence-corrected chi connectivity index (χ1v) is 5.05. The first-order chi connectivity index (χ1) is 6.16. The fraction of sp³-hybridized carbons (Fsp3) is 0.900. The predicted octanol–water partition coefficient (Wildman–Crippen LogP) is 1.42. The molecule has 0 N–H and O–H groups in total. The molecule has 1 heterocycles. The summed E-state index contributed by atoms with van der Waals surface area (Å²) in [7, 11) is 0. The summed E-state index contributed by atoms with van der Waals surface area (Å²) in [5.41, 5.74) is 0. The van der Waals surface area contributed by atoms with Gasteiger partial charge in [-0.3, -0.25) is 4.79 Å². The van der Waals surface area contributed by atoms with E-state index in [4.69, 9.17) is 4.74 Å². The van der Waals surface area contributed by atoms with E-state index >= 15 is 0 Å². The first kappa shape index (κ1) is 10.5. The van der Waals surface area contributed by atoms with Gasteiger partial charge in [0.15, 0.2) is 0 Å². The summed E-state index contributed by atoms with van der Waals surface area (Å²) in [5, 5.41) is 0. The lowest BCUT2D eigenvalue weighted by Crippen LogP contribution is -2.52. The van der Waals surface area contributed by atoms with Crippen LogP contribution in [0.15, 0.2) is 0 Å². The molecule has 3 heteroatoms. The molecule has 3 nitrogen and oxygen atoms in total.